The maximum atomic E-state index is 10.4. The Labute approximate surface area is 57.9 Å². The van der Waals surface area contributed by atoms with Gasteiger partial charge in [0.15, 0.2) is 6.07 Å². The number of hydrogen-bond acceptors (Lipinski definition) is 3. The molecule has 0 radical (unpaired) electrons. The van der Waals surface area contributed by atoms with E-state index < -0.39 is 6.16 Å². The first-order valence-electron chi connectivity index (χ1n) is 2.72. The molecule has 0 bridgehead atoms. The summed E-state index contributed by atoms with van der Waals surface area (Å²) in [6.45, 7) is 0. The highest BCUT2D eigenvalue weighted by Crippen LogP contribution is 2.23. The molecule has 0 saturated heterocycles. The SMILES string of the molecule is O=C(OCCl)OC1CC1. The smallest absolute Gasteiger partial charge is 0.431 e. The molecule has 9 heavy (non-hydrogen) atoms. The van der Waals surface area contributed by atoms with Crippen LogP contribution in [0, 0.1) is 0 Å². The van der Waals surface area contributed by atoms with Gasteiger partial charge in [-0.1, -0.05) is 11.6 Å². The van der Waals surface area contributed by atoms with Crippen molar-refractivity contribution >= 4 is 17.8 Å². The summed E-state index contributed by atoms with van der Waals surface area (Å²) in [4.78, 5) is 10.4. The average Bonchev–Trinajstić information content (AvgIpc) is 2.50. The minimum Gasteiger partial charge on any atom is -0.431 e. The van der Waals surface area contributed by atoms with Gasteiger partial charge in [0.25, 0.3) is 0 Å². The quantitative estimate of drug-likeness (QED) is 0.442. The van der Waals surface area contributed by atoms with Crippen LogP contribution < -0.4 is 0 Å². The largest absolute Gasteiger partial charge is 0.509 e. The number of alkyl halides is 1. The van der Waals surface area contributed by atoms with E-state index in [1.165, 1.54) is 0 Å². The summed E-state index contributed by atoms with van der Waals surface area (Å²) in [5, 5.41) is 0. The molecule has 52 valence electrons. The molecule has 0 aromatic carbocycles. The van der Waals surface area contributed by atoms with E-state index in [1.54, 1.807) is 0 Å². The van der Waals surface area contributed by atoms with Gasteiger partial charge in [-0.3, -0.25) is 0 Å². The van der Waals surface area contributed by atoms with Gasteiger partial charge in [-0.2, -0.15) is 0 Å². The molecule has 0 heterocycles. The third-order valence-corrected chi connectivity index (χ3v) is 1.07. The lowest BCUT2D eigenvalue weighted by Crippen LogP contribution is -2.07. The zero-order valence-electron chi connectivity index (χ0n) is 4.80. The molecule has 0 amide bonds. The van der Waals surface area contributed by atoms with Gasteiger partial charge in [-0.25, -0.2) is 4.79 Å². The second-order valence-corrected chi connectivity index (χ2v) is 2.04. The second kappa shape index (κ2) is 2.92. The molecular formula is C5H7ClO3. The Morgan fingerprint density at radius 3 is 2.78 bits per heavy atom. The Morgan fingerprint density at radius 1 is 1.67 bits per heavy atom. The van der Waals surface area contributed by atoms with Gasteiger partial charge in [-0.05, 0) is 12.8 Å². The number of carbonyl (C=O) groups excluding carboxylic acids is 1. The van der Waals surface area contributed by atoms with Gasteiger partial charge in [0.05, 0.1) is 0 Å². The molecule has 0 aliphatic heterocycles. The Kier molecular flexibility index (Phi) is 2.16. The average molecular weight is 151 g/mol. The highest BCUT2D eigenvalue weighted by Gasteiger charge is 2.26. The molecule has 0 unspecified atom stereocenters. The van der Waals surface area contributed by atoms with Crippen LogP contribution in [0.1, 0.15) is 12.8 Å². The van der Waals surface area contributed by atoms with Gasteiger partial charge in [0.1, 0.15) is 6.10 Å². The van der Waals surface area contributed by atoms with Gasteiger partial charge in [0.2, 0.25) is 0 Å². The standard InChI is InChI=1S/C5H7ClO3/c6-3-8-5(7)9-4-1-2-4/h4H,1-3H2. The highest BCUT2D eigenvalue weighted by molar-refractivity contribution is 6.17. The predicted molar refractivity (Wildman–Crippen MR) is 31.3 cm³/mol. The van der Waals surface area contributed by atoms with E-state index in [-0.39, 0.29) is 12.2 Å². The van der Waals surface area contributed by atoms with Crippen LogP contribution in [0.2, 0.25) is 0 Å². The van der Waals surface area contributed by atoms with E-state index in [2.05, 4.69) is 9.47 Å². The summed E-state index contributed by atoms with van der Waals surface area (Å²) in [6.07, 6.45) is 1.35. The molecule has 0 N–H and O–H groups in total. The summed E-state index contributed by atoms with van der Waals surface area (Å²) in [6, 6.07) is -0.133. The van der Waals surface area contributed by atoms with Crippen LogP contribution in [0.25, 0.3) is 0 Å². The minimum atomic E-state index is -0.660. The van der Waals surface area contributed by atoms with E-state index in [9.17, 15) is 4.79 Å². The highest BCUT2D eigenvalue weighted by atomic mass is 35.5. The Morgan fingerprint density at radius 2 is 2.33 bits per heavy atom. The van der Waals surface area contributed by atoms with Crippen molar-refractivity contribution in [2.75, 3.05) is 6.07 Å². The van der Waals surface area contributed by atoms with Crippen LogP contribution in [0.3, 0.4) is 0 Å². The van der Waals surface area contributed by atoms with Crippen molar-refractivity contribution in [1.82, 2.24) is 0 Å². The lowest BCUT2D eigenvalue weighted by atomic mass is 10.8. The maximum absolute atomic E-state index is 10.4. The number of ether oxygens (including phenoxy) is 2. The molecule has 0 aromatic heterocycles. The molecular weight excluding hydrogens is 144 g/mol. The predicted octanol–water partition coefficient (Wildman–Crippen LogP) is 1.50. The molecule has 3 nitrogen and oxygen atoms in total. The third kappa shape index (κ3) is 2.56. The fourth-order valence-electron chi connectivity index (χ4n) is 0.401. The number of rotatable bonds is 2. The summed E-state index contributed by atoms with van der Waals surface area (Å²) < 4.78 is 8.95. The molecule has 0 aromatic rings. The van der Waals surface area contributed by atoms with E-state index >= 15 is 0 Å². The van der Waals surface area contributed by atoms with Gasteiger partial charge >= 0.3 is 6.16 Å². The van der Waals surface area contributed by atoms with Crippen molar-refractivity contribution in [3.63, 3.8) is 0 Å². The second-order valence-electron chi connectivity index (χ2n) is 1.82. The normalized spacial score (nSPS) is 17.0. The van der Waals surface area contributed by atoms with Crippen molar-refractivity contribution in [3.8, 4) is 0 Å². The van der Waals surface area contributed by atoms with Crippen LogP contribution in [0.5, 0.6) is 0 Å². The van der Waals surface area contributed by atoms with Crippen molar-refractivity contribution in [2.45, 2.75) is 18.9 Å². The fourth-order valence-corrected chi connectivity index (χ4v) is 0.490. The zero-order valence-corrected chi connectivity index (χ0v) is 5.56. The lowest BCUT2D eigenvalue weighted by molar-refractivity contribution is 0.0619. The van der Waals surface area contributed by atoms with Gasteiger partial charge in [-0.15, -0.1) is 0 Å². The summed E-state index contributed by atoms with van der Waals surface area (Å²) in [5.74, 6) is 0. The summed E-state index contributed by atoms with van der Waals surface area (Å²) in [5.41, 5.74) is 0. The van der Waals surface area contributed by atoms with Crippen molar-refractivity contribution in [3.05, 3.63) is 0 Å². The van der Waals surface area contributed by atoms with E-state index in [0.29, 0.717) is 0 Å². The third-order valence-electron chi connectivity index (χ3n) is 0.960. The topological polar surface area (TPSA) is 35.5 Å². The monoisotopic (exact) mass is 150 g/mol. The molecule has 0 spiro atoms. The van der Waals surface area contributed by atoms with E-state index in [0.717, 1.165) is 12.8 Å². The number of hydrogen-bond donors (Lipinski definition) is 0. The lowest BCUT2D eigenvalue weighted by Gasteiger charge is -1.99. The first-order valence-corrected chi connectivity index (χ1v) is 3.26. The first-order chi connectivity index (χ1) is 4.33. The Hall–Kier alpha value is -0.440. The van der Waals surface area contributed by atoms with Gasteiger partial charge < -0.3 is 9.47 Å². The molecule has 1 aliphatic carbocycles. The summed E-state index contributed by atoms with van der Waals surface area (Å²) in [7, 11) is 0. The zero-order chi connectivity index (χ0) is 6.69. The van der Waals surface area contributed by atoms with Gasteiger partial charge in [0, 0.05) is 0 Å². The molecule has 1 rings (SSSR count). The van der Waals surface area contributed by atoms with E-state index in [4.69, 9.17) is 11.6 Å². The van der Waals surface area contributed by atoms with Crippen LogP contribution in [-0.2, 0) is 9.47 Å². The number of carbonyl (C=O) groups is 1. The van der Waals surface area contributed by atoms with Crippen molar-refractivity contribution in [2.24, 2.45) is 0 Å². The van der Waals surface area contributed by atoms with Crippen LogP contribution in [0.4, 0.5) is 4.79 Å². The van der Waals surface area contributed by atoms with Crippen molar-refractivity contribution in [1.29, 1.82) is 0 Å². The molecule has 0 atom stereocenters. The van der Waals surface area contributed by atoms with Crippen molar-refractivity contribution < 1.29 is 14.3 Å². The molecule has 1 fully saturated rings. The molecule has 1 aliphatic rings. The Bertz CT molecular complexity index is 111. The minimum absolute atomic E-state index is 0.0979. The number of halogens is 1. The fraction of sp³-hybridized carbons (Fsp3) is 0.800. The van der Waals surface area contributed by atoms with E-state index in [1.807, 2.05) is 0 Å². The summed E-state index contributed by atoms with van der Waals surface area (Å²) >= 11 is 5.08. The van der Waals surface area contributed by atoms with Crippen LogP contribution in [0.15, 0.2) is 0 Å². The Balaban J connectivity index is 2.02. The molecule has 1 saturated carbocycles. The van der Waals surface area contributed by atoms with Crippen LogP contribution in [-0.4, -0.2) is 18.3 Å². The first kappa shape index (κ1) is 6.68. The van der Waals surface area contributed by atoms with Crippen LogP contribution >= 0.6 is 11.6 Å². The molecule has 4 heteroatoms. The maximum Gasteiger partial charge on any atom is 0.509 e.